The predicted molar refractivity (Wildman–Crippen MR) is 118 cm³/mol. The molecule has 4 rings (SSSR count). The summed E-state index contributed by atoms with van der Waals surface area (Å²) in [5.41, 5.74) is -1.33. The van der Waals surface area contributed by atoms with Gasteiger partial charge in [-0.25, -0.2) is 4.39 Å². The van der Waals surface area contributed by atoms with E-state index in [1.165, 1.54) is 30.3 Å². The van der Waals surface area contributed by atoms with E-state index in [4.69, 9.17) is 10.00 Å². The number of alkyl halides is 3. The van der Waals surface area contributed by atoms with E-state index in [1.54, 1.807) is 17.0 Å². The van der Waals surface area contributed by atoms with Crippen molar-refractivity contribution in [2.45, 2.75) is 19.5 Å². The number of carbonyl (C=O) groups excluding carboxylic acids is 1. The number of hydrogen-bond acceptors (Lipinski definition) is 4. The fourth-order valence-electron chi connectivity index (χ4n) is 5.07. The zero-order chi connectivity index (χ0) is 24.5. The van der Waals surface area contributed by atoms with Crippen LogP contribution in [0.2, 0.25) is 0 Å². The zero-order valence-corrected chi connectivity index (χ0v) is 18.7. The molecule has 2 aromatic carbocycles. The molecular formula is C25H25F4N3O2. The summed E-state index contributed by atoms with van der Waals surface area (Å²) in [7, 11) is 0. The van der Waals surface area contributed by atoms with Gasteiger partial charge in [0.25, 0.3) is 5.91 Å². The number of nitrogens with zero attached hydrogens (tertiary/aromatic N) is 3. The van der Waals surface area contributed by atoms with E-state index >= 15 is 0 Å². The van der Waals surface area contributed by atoms with Crippen LogP contribution in [0.1, 0.15) is 34.8 Å². The van der Waals surface area contributed by atoms with Gasteiger partial charge in [-0.2, -0.15) is 18.4 Å². The van der Waals surface area contributed by atoms with E-state index in [1.807, 2.05) is 11.8 Å². The molecule has 2 heterocycles. The first-order valence-corrected chi connectivity index (χ1v) is 11.2. The van der Waals surface area contributed by atoms with Gasteiger partial charge in [0.15, 0.2) is 0 Å². The van der Waals surface area contributed by atoms with Crippen molar-refractivity contribution < 1.29 is 27.1 Å². The standard InChI is InChI=1S/C25H25F4N3O2/c1-2-34-16-24-9-10-31(23(33)20-5-3-4-6-22(20)26)13-18(24)14-32(15-24)19-8-7-17(12-30)21(11-19)25(27,28)29/h3-8,11,18H,2,9-10,13-16H2,1H3/t18-,24+/m1/s1. The van der Waals surface area contributed by atoms with Crippen LogP contribution in [0.25, 0.3) is 0 Å². The summed E-state index contributed by atoms with van der Waals surface area (Å²) in [6.07, 6.45) is -4.05. The number of amides is 1. The van der Waals surface area contributed by atoms with Gasteiger partial charge in [0.05, 0.1) is 29.4 Å². The summed E-state index contributed by atoms with van der Waals surface area (Å²) < 4.78 is 60.5. The molecule has 9 heteroatoms. The lowest BCUT2D eigenvalue weighted by atomic mass is 9.73. The third-order valence-electron chi connectivity index (χ3n) is 6.91. The van der Waals surface area contributed by atoms with Crippen molar-refractivity contribution in [2.24, 2.45) is 11.3 Å². The van der Waals surface area contributed by atoms with E-state index in [9.17, 15) is 22.4 Å². The number of carbonyl (C=O) groups is 1. The van der Waals surface area contributed by atoms with Crippen molar-refractivity contribution in [1.82, 2.24) is 4.90 Å². The summed E-state index contributed by atoms with van der Waals surface area (Å²) in [6.45, 7) is 4.48. The second-order valence-corrected chi connectivity index (χ2v) is 8.90. The Morgan fingerprint density at radius 3 is 2.68 bits per heavy atom. The van der Waals surface area contributed by atoms with Crippen LogP contribution >= 0.6 is 0 Å². The monoisotopic (exact) mass is 475 g/mol. The molecule has 2 fully saturated rings. The maximum absolute atomic E-state index is 14.2. The maximum atomic E-state index is 14.2. The molecule has 0 radical (unpaired) electrons. The Morgan fingerprint density at radius 2 is 2.00 bits per heavy atom. The van der Waals surface area contributed by atoms with Crippen molar-refractivity contribution in [2.75, 3.05) is 44.3 Å². The molecule has 2 aromatic rings. The van der Waals surface area contributed by atoms with Crippen molar-refractivity contribution in [3.63, 3.8) is 0 Å². The lowest BCUT2D eigenvalue weighted by Gasteiger charge is -2.43. The first kappa shape index (κ1) is 24.0. The van der Waals surface area contributed by atoms with Crippen molar-refractivity contribution in [3.8, 4) is 6.07 Å². The molecule has 0 saturated carbocycles. The molecule has 0 bridgehead atoms. The molecule has 2 saturated heterocycles. The SMILES string of the molecule is CCOC[C@@]12CCN(C(=O)c3ccccc3F)C[C@@H]1CN(c1ccc(C#N)c(C(F)(F)F)c1)C2. The average molecular weight is 475 g/mol. The van der Waals surface area contributed by atoms with Gasteiger partial charge in [-0.15, -0.1) is 0 Å². The lowest BCUT2D eigenvalue weighted by Crippen LogP contribution is -2.51. The largest absolute Gasteiger partial charge is 0.417 e. The Kier molecular flexibility index (Phi) is 6.54. The summed E-state index contributed by atoms with van der Waals surface area (Å²) in [4.78, 5) is 16.5. The Morgan fingerprint density at radius 1 is 1.24 bits per heavy atom. The van der Waals surface area contributed by atoms with Gasteiger partial charge in [-0.3, -0.25) is 4.79 Å². The van der Waals surface area contributed by atoms with Gasteiger partial charge in [-0.1, -0.05) is 12.1 Å². The van der Waals surface area contributed by atoms with Crippen LogP contribution in [-0.2, 0) is 10.9 Å². The number of benzene rings is 2. The minimum atomic E-state index is -4.64. The lowest BCUT2D eigenvalue weighted by molar-refractivity contribution is -0.137. The quantitative estimate of drug-likeness (QED) is 0.588. The molecule has 180 valence electrons. The second-order valence-electron chi connectivity index (χ2n) is 8.90. The first-order chi connectivity index (χ1) is 16.2. The van der Waals surface area contributed by atoms with Crippen LogP contribution in [0.15, 0.2) is 42.5 Å². The van der Waals surface area contributed by atoms with Gasteiger partial charge >= 0.3 is 6.18 Å². The number of nitriles is 1. The molecule has 5 nitrogen and oxygen atoms in total. The van der Waals surface area contributed by atoms with Crippen LogP contribution in [-0.4, -0.2) is 50.2 Å². The highest BCUT2D eigenvalue weighted by atomic mass is 19.4. The Balaban J connectivity index is 1.61. The summed E-state index contributed by atoms with van der Waals surface area (Å²) in [5, 5.41) is 9.09. The normalized spacial score (nSPS) is 22.4. The number of rotatable bonds is 5. The molecule has 2 aliphatic rings. The number of likely N-dealkylation sites (tertiary alicyclic amines) is 1. The van der Waals surface area contributed by atoms with Gasteiger partial charge < -0.3 is 14.5 Å². The predicted octanol–water partition coefficient (Wildman–Crippen LogP) is 4.72. The van der Waals surface area contributed by atoms with Crippen LogP contribution in [0, 0.1) is 28.5 Å². The fourth-order valence-corrected chi connectivity index (χ4v) is 5.07. The minimum absolute atomic E-state index is 0.0107. The molecule has 2 aliphatic heterocycles. The number of hydrogen-bond donors (Lipinski definition) is 0. The number of anilines is 1. The van der Waals surface area contributed by atoms with E-state index in [-0.39, 0.29) is 22.8 Å². The van der Waals surface area contributed by atoms with Gasteiger partial charge in [0, 0.05) is 49.8 Å². The Bertz CT molecular complexity index is 1110. The number of piperidine rings is 1. The zero-order valence-electron chi connectivity index (χ0n) is 18.7. The van der Waals surface area contributed by atoms with Crippen molar-refractivity contribution in [1.29, 1.82) is 5.26 Å². The second kappa shape index (κ2) is 9.26. The van der Waals surface area contributed by atoms with Gasteiger partial charge in [0.2, 0.25) is 0 Å². The van der Waals surface area contributed by atoms with E-state index in [0.717, 1.165) is 6.07 Å². The van der Waals surface area contributed by atoms with Crippen LogP contribution in [0.3, 0.4) is 0 Å². The highest BCUT2D eigenvalue weighted by Gasteiger charge is 2.50. The minimum Gasteiger partial charge on any atom is -0.381 e. The molecule has 34 heavy (non-hydrogen) atoms. The molecule has 0 spiro atoms. The average Bonchev–Trinajstić information content (AvgIpc) is 3.20. The first-order valence-electron chi connectivity index (χ1n) is 11.2. The van der Waals surface area contributed by atoms with Gasteiger partial charge in [-0.05, 0) is 43.7 Å². The topological polar surface area (TPSA) is 56.6 Å². The van der Waals surface area contributed by atoms with Crippen molar-refractivity contribution in [3.05, 3.63) is 65.0 Å². The van der Waals surface area contributed by atoms with E-state index in [0.29, 0.717) is 51.5 Å². The Labute approximate surface area is 195 Å². The van der Waals surface area contributed by atoms with Gasteiger partial charge in [0.1, 0.15) is 5.82 Å². The summed E-state index contributed by atoms with van der Waals surface area (Å²) >= 11 is 0. The molecule has 0 unspecified atom stereocenters. The molecular weight excluding hydrogens is 450 g/mol. The molecule has 1 amide bonds. The fraction of sp³-hybridized carbons (Fsp3) is 0.440. The Hall–Kier alpha value is -3.12. The summed E-state index contributed by atoms with van der Waals surface area (Å²) in [5.74, 6) is -1.03. The number of fused-ring (bicyclic) bond motifs is 1. The van der Waals surface area contributed by atoms with E-state index in [2.05, 4.69) is 0 Å². The molecule has 2 atom stereocenters. The number of halogens is 4. The third-order valence-corrected chi connectivity index (χ3v) is 6.91. The van der Waals surface area contributed by atoms with Crippen LogP contribution in [0.4, 0.5) is 23.2 Å². The molecule has 0 aromatic heterocycles. The molecule has 0 N–H and O–H groups in total. The maximum Gasteiger partial charge on any atom is 0.417 e. The third kappa shape index (κ3) is 4.47. The highest BCUT2D eigenvalue weighted by molar-refractivity contribution is 5.94. The van der Waals surface area contributed by atoms with E-state index < -0.39 is 23.1 Å². The number of ether oxygens (including phenoxy) is 1. The molecule has 0 aliphatic carbocycles. The summed E-state index contributed by atoms with van der Waals surface area (Å²) in [6, 6.07) is 11.2. The van der Waals surface area contributed by atoms with Crippen LogP contribution in [0.5, 0.6) is 0 Å². The van der Waals surface area contributed by atoms with Crippen LogP contribution < -0.4 is 4.90 Å². The highest BCUT2D eigenvalue weighted by Crippen LogP contribution is 2.46. The smallest absolute Gasteiger partial charge is 0.381 e. The van der Waals surface area contributed by atoms with Crippen molar-refractivity contribution >= 4 is 11.6 Å².